The van der Waals surface area contributed by atoms with Crippen molar-refractivity contribution in [2.24, 2.45) is 7.05 Å². The van der Waals surface area contributed by atoms with Crippen molar-refractivity contribution in [1.82, 2.24) is 14.8 Å². The zero-order chi connectivity index (χ0) is 10.1. The lowest BCUT2D eigenvalue weighted by molar-refractivity contribution is 0.756. The van der Waals surface area contributed by atoms with Crippen LogP contribution < -0.4 is 0 Å². The van der Waals surface area contributed by atoms with E-state index < -0.39 is 0 Å². The Balaban J connectivity index is 2.54. The van der Waals surface area contributed by atoms with Gasteiger partial charge in [-0.1, -0.05) is 0 Å². The van der Waals surface area contributed by atoms with Crippen molar-refractivity contribution >= 4 is 0 Å². The first-order valence-electron chi connectivity index (χ1n) is 4.60. The van der Waals surface area contributed by atoms with E-state index >= 15 is 0 Å². The van der Waals surface area contributed by atoms with Gasteiger partial charge in [0.05, 0.1) is 11.4 Å². The van der Waals surface area contributed by atoms with Crippen LogP contribution in [0.4, 0.5) is 0 Å². The minimum Gasteiger partial charge on any atom is -0.275 e. The van der Waals surface area contributed by atoms with Crippen LogP contribution in [0.1, 0.15) is 11.3 Å². The maximum absolute atomic E-state index is 4.33. The summed E-state index contributed by atoms with van der Waals surface area (Å²) in [6.07, 6.45) is 3.83. The van der Waals surface area contributed by atoms with E-state index in [1.54, 1.807) is 0 Å². The molecule has 72 valence electrons. The van der Waals surface area contributed by atoms with Crippen LogP contribution in [0.3, 0.4) is 0 Å². The first kappa shape index (κ1) is 8.94. The molecule has 0 bridgehead atoms. The van der Waals surface area contributed by atoms with Crippen molar-refractivity contribution in [3.8, 4) is 11.3 Å². The zero-order valence-corrected chi connectivity index (χ0v) is 8.65. The molecule has 2 rings (SSSR count). The van der Waals surface area contributed by atoms with Crippen molar-refractivity contribution in [3.63, 3.8) is 0 Å². The maximum atomic E-state index is 4.33. The fourth-order valence-electron chi connectivity index (χ4n) is 1.53. The van der Waals surface area contributed by atoms with Crippen LogP contribution in [0.15, 0.2) is 24.5 Å². The monoisotopic (exact) mass is 187 g/mol. The Bertz CT molecular complexity index is 457. The van der Waals surface area contributed by atoms with E-state index in [-0.39, 0.29) is 0 Å². The standard InChI is InChI=1S/C11H13N3/c1-8-4-5-12-11(6-8)10-7-14(3)13-9(10)2/h4-7H,1-3H3. The number of hydrogen-bond donors (Lipinski definition) is 0. The molecule has 3 nitrogen and oxygen atoms in total. The smallest absolute Gasteiger partial charge is 0.0738 e. The third kappa shape index (κ3) is 1.53. The number of hydrogen-bond acceptors (Lipinski definition) is 2. The molecule has 0 fully saturated rings. The van der Waals surface area contributed by atoms with Crippen molar-refractivity contribution < 1.29 is 0 Å². The third-order valence-electron chi connectivity index (χ3n) is 2.20. The van der Waals surface area contributed by atoms with Gasteiger partial charge in [-0.05, 0) is 31.5 Å². The Labute approximate surface area is 83.4 Å². The normalized spacial score (nSPS) is 10.5. The highest BCUT2D eigenvalue weighted by Gasteiger charge is 2.06. The molecular formula is C11H13N3. The fourth-order valence-corrected chi connectivity index (χ4v) is 1.53. The average molecular weight is 187 g/mol. The first-order valence-corrected chi connectivity index (χ1v) is 4.60. The van der Waals surface area contributed by atoms with Gasteiger partial charge in [0.1, 0.15) is 0 Å². The Morgan fingerprint density at radius 2 is 2.07 bits per heavy atom. The predicted octanol–water partition coefficient (Wildman–Crippen LogP) is 2.10. The van der Waals surface area contributed by atoms with E-state index in [1.807, 2.05) is 37.1 Å². The maximum Gasteiger partial charge on any atom is 0.0738 e. The van der Waals surface area contributed by atoms with Crippen LogP contribution in [0, 0.1) is 13.8 Å². The van der Waals surface area contributed by atoms with Crippen LogP contribution in [-0.2, 0) is 7.05 Å². The lowest BCUT2D eigenvalue weighted by Gasteiger charge is -1.98. The van der Waals surface area contributed by atoms with Gasteiger partial charge in [0.2, 0.25) is 0 Å². The molecule has 0 spiro atoms. The molecule has 2 aromatic heterocycles. The predicted molar refractivity (Wildman–Crippen MR) is 55.9 cm³/mol. The average Bonchev–Trinajstić information content (AvgIpc) is 2.45. The van der Waals surface area contributed by atoms with Crippen LogP contribution in [0.2, 0.25) is 0 Å². The molecule has 0 aliphatic heterocycles. The van der Waals surface area contributed by atoms with E-state index in [1.165, 1.54) is 5.56 Å². The number of rotatable bonds is 1. The summed E-state index contributed by atoms with van der Waals surface area (Å²) in [5.74, 6) is 0. The van der Waals surface area contributed by atoms with Gasteiger partial charge in [-0.25, -0.2) is 0 Å². The Kier molecular flexibility index (Phi) is 2.08. The molecule has 0 amide bonds. The van der Waals surface area contributed by atoms with Gasteiger partial charge in [0, 0.05) is 25.0 Å². The lowest BCUT2D eigenvalue weighted by atomic mass is 10.1. The fraction of sp³-hybridized carbons (Fsp3) is 0.273. The van der Waals surface area contributed by atoms with Crippen molar-refractivity contribution in [3.05, 3.63) is 35.8 Å². The van der Waals surface area contributed by atoms with Crippen LogP contribution in [0.5, 0.6) is 0 Å². The highest BCUT2D eigenvalue weighted by atomic mass is 15.2. The second kappa shape index (κ2) is 3.25. The van der Waals surface area contributed by atoms with E-state index in [9.17, 15) is 0 Å². The molecule has 2 heterocycles. The van der Waals surface area contributed by atoms with Gasteiger partial charge >= 0.3 is 0 Å². The summed E-state index contributed by atoms with van der Waals surface area (Å²) in [5, 5.41) is 4.29. The molecule has 0 aliphatic carbocycles. The topological polar surface area (TPSA) is 30.7 Å². The van der Waals surface area contributed by atoms with Crippen LogP contribution in [0.25, 0.3) is 11.3 Å². The molecule has 0 aliphatic rings. The number of nitrogens with zero attached hydrogens (tertiary/aromatic N) is 3. The SMILES string of the molecule is Cc1ccnc(-c2cn(C)nc2C)c1. The van der Waals surface area contributed by atoms with Gasteiger partial charge in [-0.15, -0.1) is 0 Å². The Morgan fingerprint density at radius 3 is 2.64 bits per heavy atom. The highest BCUT2D eigenvalue weighted by Crippen LogP contribution is 2.20. The van der Waals surface area contributed by atoms with Gasteiger partial charge in [0.25, 0.3) is 0 Å². The first-order chi connectivity index (χ1) is 6.66. The van der Waals surface area contributed by atoms with E-state index in [2.05, 4.69) is 23.1 Å². The summed E-state index contributed by atoms with van der Waals surface area (Å²) >= 11 is 0. The summed E-state index contributed by atoms with van der Waals surface area (Å²) in [4.78, 5) is 4.33. The number of pyridine rings is 1. The van der Waals surface area contributed by atoms with E-state index in [0.29, 0.717) is 0 Å². The Hall–Kier alpha value is -1.64. The molecule has 0 atom stereocenters. The van der Waals surface area contributed by atoms with Crippen LogP contribution in [-0.4, -0.2) is 14.8 Å². The quantitative estimate of drug-likeness (QED) is 0.684. The minimum atomic E-state index is 0.996. The van der Waals surface area contributed by atoms with Gasteiger partial charge in [-0.2, -0.15) is 5.10 Å². The number of aromatic nitrogens is 3. The largest absolute Gasteiger partial charge is 0.275 e. The highest BCUT2D eigenvalue weighted by molar-refractivity contribution is 5.61. The Morgan fingerprint density at radius 1 is 1.29 bits per heavy atom. The molecule has 14 heavy (non-hydrogen) atoms. The second-order valence-electron chi connectivity index (χ2n) is 3.52. The van der Waals surface area contributed by atoms with Crippen molar-refractivity contribution in [2.45, 2.75) is 13.8 Å². The molecule has 2 aromatic rings. The van der Waals surface area contributed by atoms with Gasteiger partial charge < -0.3 is 0 Å². The molecule has 0 saturated heterocycles. The molecule has 3 heteroatoms. The summed E-state index contributed by atoms with van der Waals surface area (Å²) in [6, 6.07) is 4.07. The number of aryl methyl sites for hydroxylation is 3. The van der Waals surface area contributed by atoms with Crippen molar-refractivity contribution in [1.29, 1.82) is 0 Å². The minimum absolute atomic E-state index is 0.996. The molecule has 0 unspecified atom stereocenters. The zero-order valence-electron chi connectivity index (χ0n) is 8.65. The van der Waals surface area contributed by atoms with E-state index in [4.69, 9.17) is 0 Å². The molecule has 0 N–H and O–H groups in total. The summed E-state index contributed by atoms with van der Waals surface area (Å²) in [5.41, 5.74) is 4.34. The molecule has 0 aromatic carbocycles. The van der Waals surface area contributed by atoms with Gasteiger partial charge in [-0.3, -0.25) is 9.67 Å². The van der Waals surface area contributed by atoms with Gasteiger partial charge in [0.15, 0.2) is 0 Å². The van der Waals surface area contributed by atoms with E-state index in [0.717, 1.165) is 17.0 Å². The molecular weight excluding hydrogens is 174 g/mol. The summed E-state index contributed by atoms with van der Waals surface area (Å²) in [7, 11) is 1.92. The summed E-state index contributed by atoms with van der Waals surface area (Å²) < 4.78 is 1.81. The molecule has 0 saturated carbocycles. The molecule has 0 radical (unpaired) electrons. The lowest BCUT2D eigenvalue weighted by Crippen LogP contribution is -1.86. The van der Waals surface area contributed by atoms with Crippen molar-refractivity contribution in [2.75, 3.05) is 0 Å². The summed E-state index contributed by atoms with van der Waals surface area (Å²) in [6.45, 7) is 4.07. The van der Waals surface area contributed by atoms with Crippen LogP contribution >= 0.6 is 0 Å². The third-order valence-corrected chi connectivity index (χ3v) is 2.20. The second-order valence-corrected chi connectivity index (χ2v) is 3.52.